The van der Waals surface area contributed by atoms with Gasteiger partial charge in [0.25, 0.3) is 0 Å². The Bertz CT molecular complexity index is 676. The van der Waals surface area contributed by atoms with E-state index in [0.29, 0.717) is 6.42 Å². The first kappa shape index (κ1) is 45.9. The molecule has 0 saturated heterocycles. The lowest BCUT2D eigenvalue weighted by Gasteiger charge is -2.20. The molecule has 0 aliphatic carbocycles. The monoisotopic (exact) mass is 662 g/mol. The number of nitrogens with one attached hydrogen (secondary N) is 1. The van der Waals surface area contributed by atoms with Gasteiger partial charge in [-0.15, -0.1) is 0 Å². The molecular formula is C43H83NO3. The van der Waals surface area contributed by atoms with Crippen LogP contribution in [0.5, 0.6) is 0 Å². The number of allylic oxidation sites excluding steroid dienone is 3. The van der Waals surface area contributed by atoms with E-state index in [1.807, 2.05) is 6.08 Å². The summed E-state index contributed by atoms with van der Waals surface area (Å²) in [4.78, 5) is 12.3. The van der Waals surface area contributed by atoms with E-state index >= 15 is 0 Å². The van der Waals surface area contributed by atoms with Gasteiger partial charge in [0.15, 0.2) is 0 Å². The third-order valence-electron chi connectivity index (χ3n) is 9.68. The van der Waals surface area contributed by atoms with Gasteiger partial charge in [-0.05, 0) is 44.9 Å². The lowest BCUT2D eigenvalue weighted by Crippen LogP contribution is -2.45. The highest BCUT2D eigenvalue weighted by molar-refractivity contribution is 5.76. The molecule has 3 N–H and O–H groups in total. The van der Waals surface area contributed by atoms with E-state index in [-0.39, 0.29) is 12.5 Å². The number of aliphatic hydroxyl groups excluding tert-OH is 2. The Labute approximate surface area is 294 Å². The minimum Gasteiger partial charge on any atom is -0.394 e. The van der Waals surface area contributed by atoms with Crippen molar-refractivity contribution in [2.45, 2.75) is 238 Å². The summed E-state index contributed by atoms with van der Waals surface area (Å²) < 4.78 is 0. The summed E-state index contributed by atoms with van der Waals surface area (Å²) in [7, 11) is 0. The number of rotatable bonds is 38. The van der Waals surface area contributed by atoms with Gasteiger partial charge in [-0.3, -0.25) is 4.79 Å². The first-order chi connectivity index (χ1) is 23.2. The maximum atomic E-state index is 12.3. The van der Waals surface area contributed by atoms with Crippen molar-refractivity contribution in [3.05, 3.63) is 24.3 Å². The molecule has 2 unspecified atom stereocenters. The average molecular weight is 662 g/mol. The number of carbonyl (C=O) groups is 1. The standard InChI is InChI=1S/C43H83NO3/c1-3-5-7-9-11-13-14-15-16-17-18-19-20-21-22-23-24-25-26-27-28-29-30-31-33-35-37-39-43(47)44-41(40-45)42(46)38-36-34-32-12-10-8-6-4-2/h17-18,36,38,41-42,45-46H,3-16,19-35,37,39-40H2,1-2H3,(H,44,47)/b18-17-,38-36+. The minimum atomic E-state index is -0.833. The molecule has 0 aromatic heterocycles. The van der Waals surface area contributed by atoms with Crippen LogP contribution < -0.4 is 5.32 Å². The van der Waals surface area contributed by atoms with Crippen molar-refractivity contribution < 1.29 is 15.0 Å². The van der Waals surface area contributed by atoms with Gasteiger partial charge in [0.1, 0.15) is 0 Å². The van der Waals surface area contributed by atoms with Gasteiger partial charge in [0, 0.05) is 6.42 Å². The second-order valence-corrected chi connectivity index (χ2v) is 14.4. The highest BCUT2D eigenvalue weighted by Crippen LogP contribution is 2.15. The van der Waals surface area contributed by atoms with E-state index in [1.165, 1.54) is 180 Å². The minimum absolute atomic E-state index is 0.0656. The molecule has 0 aliphatic heterocycles. The lowest BCUT2D eigenvalue weighted by molar-refractivity contribution is -0.123. The molecule has 47 heavy (non-hydrogen) atoms. The van der Waals surface area contributed by atoms with Crippen molar-refractivity contribution in [2.24, 2.45) is 0 Å². The quantitative estimate of drug-likeness (QED) is 0.0455. The zero-order valence-electron chi connectivity index (χ0n) is 31.8. The number of amides is 1. The SMILES string of the molecule is CCCCCCCC/C=C/C(O)C(CO)NC(=O)CCCCCCCCCCCCCCCCC/C=C\CCCCCCCCCC. The Morgan fingerprint density at radius 1 is 0.489 bits per heavy atom. The molecule has 0 fully saturated rings. The van der Waals surface area contributed by atoms with E-state index in [2.05, 4.69) is 31.3 Å². The third kappa shape index (κ3) is 36.0. The van der Waals surface area contributed by atoms with E-state index in [1.54, 1.807) is 6.08 Å². The maximum Gasteiger partial charge on any atom is 0.220 e. The van der Waals surface area contributed by atoms with Crippen molar-refractivity contribution in [3.63, 3.8) is 0 Å². The highest BCUT2D eigenvalue weighted by Gasteiger charge is 2.17. The Balaban J connectivity index is 3.43. The second kappa shape index (κ2) is 39.3. The number of hydrogen-bond donors (Lipinski definition) is 3. The zero-order chi connectivity index (χ0) is 34.3. The predicted octanol–water partition coefficient (Wildman–Crippen LogP) is 12.8. The molecule has 4 heteroatoms. The topological polar surface area (TPSA) is 69.6 Å². The first-order valence-electron chi connectivity index (χ1n) is 21.1. The lowest BCUT2D eigenvalue weighted by atomic mass is 10.0. The Kier molecular flexibility index (Phi) is 38.4. The van der Waals surface area contributed by atoms with Crippen LogP contribution in [0.1, 0.15) is 226 Å². The van der Waals surface area contributed by atoms with Crippen molar-refractivity contribution in [1.29, 1.82) is 0 Å². The molecular weight excluding hydrogens is 578 g/mol. The molecule has 0 spiro atoms. The van der Waals surface area contributed by atoms with Crippen molar-refractivity contribution in [1.82, 2.24) is 5.32 Å². The number of hydrogen-bond acceptors (Lipinski definition) is 3. The van der Waals surface area contributed by atoms with Gasteiger partial charge >= 0.3 is 0 Å². The smallest absolute Gasteiger partial charge is 0.220 e. The summed E-state index contributed by atoms with van der Waals surface area (Å²) in [5.74, 6) is -0.0656. The van der Waals surface area contributed by atoms with Crippen LogP contribution >= 0.6 is 0 Å². The van der Waals surface area contributed by atoms with Crippen LogP contribution in [0.15, 0.2) is 24.3 Å². The van der Waals surface area contributed by atoms with Crippen LogP contribution in [-0.4, -0.2) is 34.9 Å². The Morgan fingerprint density at radius 2 is 0.809 bits per heavy atom. The first-order valence-corrected chi connectivity index (χ1v) is 21.1. The van der Waals surface area contributed by atoms with Crippen LogP contribution in [0.25, 0.3) is 0 Å². The maximum absolute atomic E-state index is 12.3. The van der Waals surface area contributed by atoms with Gasteiger partial charge in [-0.25, -0.2) is 0 Å². The predicted molar refractivity (Wildman–Crippen MR) is 207 cm³/mol. The number of aliphatic hydroxyl groups is 2. The second-order valence-electron chi connectivity index (χ2n) is 14.4. The molecule has 0 heterocycles. The molecule has 0 aromatic rings. The van der Waals surface area contributed by atoms with Crippen LogP contribution in [0.3, 0.4) is 0 Å². The van der Waals surface area contributed by atoms with Crippen LogP contribution in [0.2, 0.25) is 0 Å². The molecule has 0 aromatic carbocycles. The molecule has 2 atom stereocenters. The molecule has 0 rings (SSSR count). The van der Waals surface area contributed by atoms with E-state index in [9.17, 15) is 15.0 Å². The van der Waals surface area contributed by atoms with Crippen molar-refractivity contribution in [3.8, 4) is 0 Å². The summed E-state index contributed by atoms with van der Waals surface area (Å²) in [6, 6.07) is -0.616. The van der Waals surface area contributed by atoms with Crippen LogP contribution in [-0.2, 0) is 4.79 Å². The molecule has 0 saturated carbocycles. The van der Waals surface area contributed by atoms with E-state index in [0.717, 1.165) is 25.7 Å². The molecule has 1 amide bonds. The third-order valence-corrected chi connectivity index (χ3v) is 9.68. The van der Waals surface area contributed by atoms with Crippen molar-refractivity contribution in [2.75, 3.05) is 6.61 Å². The van der Waals surface area contributed by atoms with Gasteiger partial charge in [-0.2, -0.15) is 0 Å². The summed E-state index contributed by atoms with van der Waals surface area (Å²) >= 11 is 0. The fourth-order valence-corrected chi connectivity index (χ4v) is 6.41. The summed E-state index contributed by atoms with van der Waals surface area (Å²) in [5, 5.41) is 22.8. The Morgan fingerprint density at radius 3 is 1.17 bits per heavy atom. The van der Waals surface area contributed by atoms with Gasteiger partial charge in [0.2, 0.25) is 5.91 Å². The fourth-order valence-electron chi connectivity index (χ4n) is 6.41. The van der Waals surface area contributed by atoms with E-state index in [4.69, 9.17) is 0 Å². The normalized spacial score (nSPS) is 13.2. The molecule has 0 aliphatic rings. The number of carbonyl (C=O) groups excluding carboxylic acids is 1. The fraction of sp³-hybridized carbons (Fsp3) is 0.884. The van der Waals surface area contributed by atoms with Gasteiger partial charge in [-0.1, -0.05) is 199 Å². The van der Waals surface area contributed by atoms with Gasteiger partial charge in [0.05, 0.1) is 18.8 Å². The zero-order valence-corrected chi connectivity index (χ0v) is 31.8. The summed E-state index contributed by atoms with van der Waals surface area (Å²) in [5.41, 5.74) is 0. The molecule has 0 radical (unpaired) electrons. The van der Waals surface area contributed by atoms with Crippen molar-refractivity contribution >= 4 is 5.91 Å². The molecule has 0 bridgehead atoms. The number of unbranched alkanes of at least 4 members (excludes halogenated alkanes) is 29. The van der Waals surface area contributed by atoms with Crippen LogP contribution in [0, 0.1) is 0 Å². The van der Waals surface area contributed by atoms with Gasteiger partial charge < -0.3 is 15.5 Å². The summed E-state index contributed by atoms with van der Waals surface area (Å²) in [6.07, 6.45) is 50.1. The Hall–Kier alpha value is -1.13. The van der Waals surface area contributed by atoms with Crippen LogP contribution in [0.4, 0.5) is 0 Å². The largest absolute Gasteiger partial charge is 0.394 e. The molecule has 278 valence electrons. The average Bonchev–Trinajstić information content (AvgIpc) is 3.07. The highest BCUT2D eigenvalue weighted by atomic mass is 16.3. The summed E-state index contributed by atoms with van der Waals surface area (Å²) in [6.45, 7) is 4.27. The molecule has 4 nitrogen and oxygen atoms in total. The van der Waals surface area contributed by atoms with E-state index < -0.39 is 12.1 Å².